The lowest BCUT2D eigenvalue weighted by atomic mass is 10.1. The quantitative estimate of drug-likeness (QED) is 0.414. The van der Waals surface area contributed by atoms with Gasteiger partial charge in [-0.15, -0.1) is 0 Å². The lowest BCUT2D eigenvalue weighted by Crippen LogP contribution is -2.38. The third kappa shape index (κ3) is 7.77. The lowest BCUT2D eigenvalue weighted by molar-refractivity contribution is 0.274. The number of aliphatic imine (C=N–C) groups is 1. The second kappa shape index (κ2) is 11.8. The van der Waals surface area contributed by atoms with Gasteiger partial charge in [0.15, 0.2) is 5.96 Å². The fourth-order valence-electron chi connectivity index (χ4n) is 3.33. The zero-order chi connectivity index (χ0) is 19.5. The standard InChI is InChI=1S/C21H37N5O/c1-5-27-20-16-18(2)8-9-19(20)17-24-21(22-3)23-10-6-12-26-13-7-11-25(4)14-15-26/h8-9,16H,5-7,10-15,17H2,1-4H3,(H2,22,23,24). The van der Waals surface area contributed by atoms with Crippen LogP contribution in [-0.4, -0.2) is 75.7 Å². The van der Waals surface area contributed by atoms with Gasteiger partial charge in [-0.05, 0) is 65.0 Å². The minimum Gasteiger partial charge on any atom is -0.494 e. The summed E-state index contributed by atoms with van der Waals surface area (Å²) >= 11 is 0. The molecule has 27 heavy (non-hydrogen) atoms. The number of aryl methyl sites for hydroxylation is 1. The highest BCUT2D eigenvalue weighted by molar-refractivity contribution is 5.79. The lowest BCUT2D eigenvalue weighted by Gasteiger charge is -2.20. The van der Waals surface area contributed by atoms with Crippen LogP contribution in [0.2, 0.25) is 0 Å². The Morgan fingerprint density at radius 2 is 2.04 bits per heavy atom. The minimum atomic E-state index is 0.676. The highest BCUT2D eigenvalue weighted by atomic mass is 16.5. The van der Waals surface area contributed by atoms with Crippen LogP contribution in [0.4, 0.5) is 0 Å². The van der Waals surface area contributed by atoms with E-state index in [1.807, 2.05) is 14.0 Å². The number of hydrogen-bond acceptors (Lipinski definition) is 4. The molecule has 0 unspecified atom stereocenters. The van der Waals surface area contributed by atoms with E-state index < -0.39 is 0 Å². The zero-order valence-electron chi connectivity index (χ0n) is 17.6. The highest BCUT2D eigenvalue weighted by Crippen LogP contribution is 2.20. The van der Waals surface area contributed by atoms with Gasteiger partial charge in [0.05, 0.1) is 6.61 Å². The van der Waals surface area contributed by atoms with E-state index in [1.165, 1.54) is 38.2 Å². The summed E-state index contributed by atoms with van der Waals surface area (Å²) in [6.45, 7) is 12.3. The van der Waals surface area contributed by atoms with Gasteiger partial charge < -0.3 is 25.2 Å². The molecule has 1 aromatic carbocycles. The van der Waals surface area contributed by atoms with Crippen LogP contribution in [0.5, 0.6) is 5.75 Å². The molecule has 1 aliphatic heterocycles. The van der Waals surface area contributed by atoms with Gasteiger partial charge in [0.2, 0.25) is 0 Å². The van der Waals surface area contributed by atoms with Gasteiger partial charge in [0.25, 0.3) is 0 Å². The molecule has 0 saturated carbocycles. The first kappa shape index (κ1) is 21.5. The average molecular weight is 376 g/mol. The van der Waals surface area contributed by atoms with Crippen molar-refractivity contribution in [2.45, 2.75) is 33.2 Å². The fraction of sp³-hybridized carbons (Fsp3) is 0.667. The monoisotopic (exact) mass is 375 g/mol. The predicted octanol–water partition coefficient (Wildman–Crippen LogP) is 2.09. The molecule has 152 valence electrons. The van der Waals surface area contributed by atoms with Crippen LogP contribution in [0.1, 0.15) is 30.9 Å². The van der Waals surface area contributed by atoms with E-state index in [-0.39, 0.29) is 0 Å². The van der Waals surface area contributed by atoms with Crippen LogP contribution < -0.4 is 15.4 Å². The van der Waals surface area contributed by atoms with E-state index in [9.17, 15) is 0 Å². The number of hydrogen-bond donors (Lipinski definition) is 2. The molecule has 0 aliphatic carbocycles. The number of likely N-dealkylation sites (N-methyl/N-ethyl adjacent to an activating group) is 1. The van der Waals surface area contributed by atoms with Crippen molar-refractivity contribution in [3.63, 3.8) is 0 Å². The van der Waals surface area contributed by atoms with E-state index in [1.54, 1.807) is 0 Å². The number of rotatable bonds is 8. The molecule has 2 rings (SSSR count). The Balaban J connectivity index is 1.71. The van der Waals surface area contributed by atoms with Gasteiger partial charge in [-0.2, -0.15) is 0 Å². The van der Waals surface area contributed by atoms with Gasteiger partial charge in [-0.25, -0.2) is 0 Å². The predicted molar refractivity (Wildman–Crippen MR) is 114 cm³/mol. The zero-order valence-corrected chi connectivity index (χ0v) is 17.6. The molecule has 0 atom stereocenters. The summed E-state index contributed by atoms with van der Waals surface area (Å²) in [6.07, 6.45) is 2.39. The number of benzene rings is 1. The summed E-state index contributed by atoms with van der Waals surface area (Å²) < 4.78 is 5.76. The molecule has 0 bridgehead atoms. The molecule has 0 radical (unpaired) electrons. The summed E-state index contributed by atoms with van der Waals surface area (Å²) in [4.78, 5) is 9.33. The largest absolute Gasteiger partial charge is 0.494 e. The molecule has 1 fully saturated rings. The molecular formula is C21H37N5O. The Bertz CT molecular complexity index is 590. The van der Waals surface area contributed by atoms with Crippen molar-refractivity contribution < 1.29 is 4.74 Å². The molecule has 1 aromatic rings. The molecule has 6 nitrogen and oxygen atoms in total. The maximum atomic E-state index is 5.76. The van der Waals surface area contributed by atoms with Crippen LogP contribution >= 0.6 is 0 Å². The number of guanidine groups is 1. The van der Waals surface area contributed by atoms with Crippen molar-refractivity contribution in [2.75, 3.05) is 60.0 Å². The Labute approximate surface area is 165 Å². The molecule has 6 heteroatoms. The number of nitrogens with zero attached hydrogens (tertiary/aromatic N) is 3. The van der Waals surface area contributed by atoms with Crippen molar-refractivity contribution in [1.29, 1.82) is 0 Å². The van der Waals surface area contributed by atoms with E-state index in [0.29, 0.717) is 13.2 Å². The van der Waals surface area contributed by atoms with Gasteiger partial charge in [0, 0.05) is 38.8 Å². The van der Waals surface area contributed by atoms with Crippen LogP contribution in [0.15, 0.2) is 23.2 Å². The molecular weight excluding hydrogens is 338 g/mol. The molecule has 0 aromatic heterocycles. The Kier molecular flexibility index (Phi) is 9.42. The highest BCUT2D eigenvalue weighted by Gasteiger charge is 2.11. The Hall–Kier alpha value is -1.79. The summed E-state index contributed by atoms with van der Waals surface area (Å²) in [5, 5.41) is 6.82. The summed E-state index contributed by atoms with van der Waals surface area (Å²) in [6, 6.07) is 6.33. The normalized spacial score (nSPS) is 16.8. The third-order valence-corrected chi connectivity index (χ3v) is 4.95. The van der Waals surface area contributed by atoms with Crippen LogP contribution in [0, 0.1) is 6.92 Å². The van der Waals surface area contributed by atoms with Gasteiger partial charge in [-0.3, -0.25) is 4.99 Å². The second-order valence-electron chi connectivity index (χ2n) is 7.25. The van der Waals surface area contributed by atoms with E-state index in [4.69, 9.17) is 4.74 Å². The number of nitrogens with one attached hydrogen (secondary N) is 2. The van der Waals surface area contributed by atoms with Crippen LogP contribution in [0.25, 0.3) is 0 Å². The molecule has 2 N–H and O–H groups in total. The second-order valence-corrected chi connectivity index (χ2v) is 7.25. The maximum Gasteiger partial charge on any atom is 0.191 e. The summed E-state index contributed by atoms with van der Waals surface area (Å²) in [7, 11) is 4.03. The van der Waals surface area contributed by atoms with Crippen molar-refractivity contribution >= 4 is 5.96 Å². The van der Waals surface area contributed by atoms with Crippen molar-refractivity contribution in [3.8, 4) is 5.75 Å². The molecule has 1 saturated heterocycles. The maximum absolute atomic E-state index is 5.76. The smallest absolute Gasteiger partial charge is 0.191 e. The number of ether oxygens (including phenoxy) is 1. The first-order valence-corrected chi connectivity index (χ1v) is 10.2. The topological polar surface area (TPSA) is 52.1 Å². The first-order chi connectivity index (χ1) is 13.1. The van der Waals surface area contributed by atoms with Crippen molar-refractivity contribution in [1.82, 2.24) is 20.4 Å². The van der Waals surface area contributed by atoms with Crippen molar-refractivity contribution in [3.05, 3.63) is 29.3 Å². The third-order valence-electron chi connectivity index (χ3n) is 4.95. The molecule has 1 heterocycles. The summed E-state index contributed by atoms with van der Waals surface area (Å²) in [5.41, 5.74) is 2.36. The van der Waals surface area contributed by atoms with Gasteiger partial charge in [-0.1, -0.05) is 12.1 Å². The Morgan fingerprint density at radius 3 is 2.81 bits per heavy atom. The molecule has 1 aliphatic rings. The minimum absolute atomic E-state index is 0.676. The van der Waals surface area contributed by atoms with Gasteiger partial charge in [0.1, 0.15) is 5.75 Å². The molecule has 0 spiro atoms. The molecule has 0 amide bonds. The summed E-state index contributed by atoms with van der Waals surface area (Å²) in [5.74, 6) is 1.79. The van der Waals surface area contributed by atoms with E-state index in [0.717, 1.165) is 36.8 Å². The van der Waals surface area contributed by atoms with Crippen molar-refractivity contribution in [2.24, 2.45) is 4.99 Å². The van der Waals surface area contributed by atoms with Crippen LogP contribution in [-0.2, 0) is 6.54 Å². The van der Waals surface area contributed by atoms with Crippen LogP contribution in [0.3, 0.4) is 0 Å². The fourth-order valence-corrected chi connectivity index (χ4v) is 3.33. The van der Waals surface area contributed by atoms with E-state index in [2.05, 4.69) is 57.6 Å². The first-order valence-electron chi connectivity index (χ1n) is 10.2. The SMILES string of the molecule is CCOc1cc(C)ccc1CNC(=NC)NCCCN1CCCN(C)CC1. The van der Waals surface area contributed by atoms with E-state index >= 15 is 0 Å². The average Bonchev–Trinajstić information content (AvgIpc) is 2.87. The Morgan fingerprint density at radius 1 is 1.19 bits per heavy atom. The van der Waals surface area contributed by atoms with Gasteiger partial charge >= 0.3 is 0 Å².